The first-order valence-electron chi connectivity index (χ1n) is 7.39. The van der Waals surface area contributed by atoms with Crippen molar-refractivity contribution in [3.05, 3.63) is 53.6 Å². The fourth-order valence-electron chi connectivity index (χ4n) is 2.57. The molecule has 0 saturated heterocycles. The predicted molar refractivity (Wildman–Crippen MR) is 85.7 cm³/mol. The lowest BCUT2D eigenvalue weighted by Crippen LogP contribution is -2.29. The van der Waals surface area contributed by atoms with Crippen LogP contribution in [-0.4, -0.2) is 25.7 Å². The summed E-state index contributed by atoms with van der Waals surface area (Å²) < 4.78 is 42.7. The molecule has 5 nitrogen and oxygen atoms in total. The van der Waals surface area contributed by atoms with Gasteiger partial charge in [0.1, 0.15) is 12.7 Å². The summed E-state index contributed by atoms with van der Waals surface area (Å²) in [5.74, 6) is 1.57. The van der Waals surface area contributed by atoms with Crippen molar-refractivity contribution in [2.45, 2.75) is 30.8 Å². The molecule has 0 saturated carbocycles. The third-order valence-electron chi connectivity index (χ3n) is 3.86. The van der Waals surface area contributed by atoms with Crippen molar-refractivity contribution in [3.63, 3.8) is 0 Å². The van der Waals surface area contributed by atoms with E-state index in [2.05, 4.69) is 0 Å². The van der Waals surface area contributed by atoms with Crippen molar-refractivity contribution in [2.24, 2.45) is 0 Å². The minimum Gasteiger partial charge on any atom is -0.486 e. The Balaban J connectivity index is 1.62. The fraction of sp³-hybridized carbons (Fsp3) is 0.294. The molecule has 0 amide bonds. The molecule has 0 bridgehead atoms. The van der Waals surface area contributed by atoms with E-state index < -0.39 is 10.1 Å². The molecule has 6 heteroatoms. The molecule has 0 spiro atoms. The summed E-state index contributed by atoms with van der Waals surface area (Å²) in [6.07, 6.45) is 1.46. The topological polar surface area (TPSA) is 72.8 Å². The summed E-state index contributed by atoms with van der Waals surface area (Å²) in [6.45, 7) is 2.48. The van der Waals surface area contributed by atoms with Crippen molar-refractivity contribution in [3.8, 4) is 11.5 Å². The third-order valence-corrected chi connectivity index (χ3v) is 4.73. The van der Waals surface area contributed by atoms with Crippen LogP contribution in [0.25, 0.3) is 0 Å². The van der Waals surface area contributed by atoms with Gasteiger partial charge in [0.25, 0.3) is 10.1 Å². The van der Waals surface area contributed by atoms with Gasteiger partial charge < -0.3 is 9.47 Å². The van der Waals surface area contributed by atoms with Gasteiger partial charge in [-0.2, -0.15) is 8.42 Å². The van der Waals surface area contributed by atoms with Crippen LogP contribution in [0.4, 0.5) is 0 Å². The van der Waals surface area contributed by atoms with Crippen molar-refractivity contribution in [2.75, 3.05) is 6.61 Å². The van der Waals surface area contributed by atoms with E-state index in [0.717, 1.165) is 35.5 Å². The van der Waals surface area contributed by atoms with Crippen LogP contribution in [0.5, 0.6) is 11.5 Å². The molecule has 2 aromatic rings. The standard InChI is InChI=1S/C17H18O5S/c1-12-3-2-4-16-17(12)22-14(11-21-16)8-5-13-6-9-15(10-7-13)23(18,19)20/h2-4,6-7,9-10,14H,5,8,11H2,1H3,(H,18,19,20)/t14-/m1/s1. The number of para-hydroxylation sites is 1. The number of rotatable bonds is 4. The van der Waals surface area contributed by atoms with Gasteiger partial charge in [-0.1, -0.05) is 24.3 Å². The highest BCUT2D eigenvalue weighted by Crippen LogP contribution is 2.35. The molecule has 1 aliphatic rings. The molecule has 0 radical (unpaired) electrons. The molecule has 0 unspecified atom stereocenters. The van der Waals surface area contributed by atoms with Crippen molar-refractivity contribution >= 4 is 10.1 Å². The predicted octanol–water partition coefficient (Wildman–Crippen LogP) is 3.01. The molecular weight excluding hydrogens is 316 g/mol. The summed E-state index contributed by atoms with van der Waals surface area (Å²) in [5.41, 5.74) is 2.03. The highest BCUT2D eigenvalue weighted by molar-refractivity contribution is 7.85. The minimum atomic E-state index is -4.14. The Morgan fingerprint density at radius 1 is 1.17 bits per heavy atom. The van der Waals surface area contributed by atoms with E-state index in [1.165, 1.54) is 12.1 Å². The van der Waals surface area contributed by atoms with Crippen molar-refractivity contribution < 1.29 is 22.4 Å². The summed E-state index contributed by atoms with van der Waals surface area (Å²) in [7, 11) is -4.14. The number of ether oxygens (including phenoxy) is 2. The summed E-state index contributed by atoms with van der Waals surface area (Å²) in [6, 6.07) is 12.0. The first kappa shape index (κ1) is 15.8. The van der Waals surface area contributed by atoms with E-state index in [1.54, 1.807) is 12.1 Å². The molecule has 122 valence electrons. The van der Waals surface area contributed by atoms with Gasteiger partial charge in [0.15, 0.2) is 11.5 Å². The Labute approximate surface area is 135 Å². The van der Waals surface area contributed by atoms with Gasteiger partial charge >= 0.3 is 0 Å². The second-order valence-corrected chi connectivity index (χ2v) is 7.03. The smallest absolute Gasteiger partial charge is 0.294 e. The molecule has 3 rings (SSSR count). The summed E-state index contributed by atoms with van der Waals surface area (Å²) in [4.78, 5) is -0.0944. The van der Waals surface area contributed by atoms with Crippen LogP contribution in [0.15, 0.2) is 47.4 Å². The Morgan fingerprint density at radius 3 is 2.61 bits per heavy atom. The van der Waals surface area contributed by atoms with Gasteiger partial charge in [-0.05, 0) is 49.1 Å². The maximum Gasteiger partial charge on any atom is 0.294 e. The Morgan fingerprint density at radius 2 is 1.91 bits per heavy atom. The molecule has 0 aromatic heterocycles. The van der Waals surface area contributed by atoms with E-state index >= 15 is 0 Å². The summed E-state index contributed by atoms with van der Waals surface area (Å²) in [5, 5.41) is 0. The van der Waals surface area contributed by atoms with Gasteiger partial charge in [0.2, 0.25) is 0 Å². The second kappa shape index (κ2) is 6.22. The van der Waals surface area contributed by atoms with E-state index in [9.17, 15) is 8.42 Å². The zero-order chi connectivity index (χ0) is 16.4. The Kier molecular flexibility index (Phi) is 4.28. The number of aryl methyl sites for hydroxylation is 2. The lowest BCUT2D eigenvalue weighted by molar-refractivity contribution is 0.0842. The molecule has 1 N–H and O–H groups in total. The normalized spacial score (nSPS) is 17.0. The maximum atomic E-state index is 11.0. The van der Waals surface area contributed by atoms with Gasteiger partial charge in [-0.25, -0.2) is 0 Å². The highest BCUT2D eigenvalue weighted by atomic mass is 32.2. The second-order valence-electron chi connectivity index (χ2n) is 5.61. The lowest BCUT2D eigenvalue weighted by Gasteiger charge is -2.27. The minimum absolute atomic E-state index is 0.0372. The highest BCUT2D eigenvalue weighted by Gasteiger charge is 2.22. The Bertz CT molecular complexity index is 796. The first-order chi connectivity index (χ1) is 10.9. The molecule has 23 heavy (non-hydrogen) atoms. The molecule has 0 aliphatic carbocycles. The number of benzene rings is 2. The molecule has 1 atom stereocenters. The number of fused-ring (bicyclic) bond motifs is 1. The van der Waals surface area contributed by atoms with Gasteiger partial charge in [0, 0.05) is 0 Å². The first-order valence-corrected chi connectivity index (χ1v) is 8.83. The van der Waals surface area contributed by atoms with Crippen LogP contribution in [0.2, 0.25) is 0 Å². The van der Waals surface area contributed by atoms with Gasteiger partial charge in [0.05, 0.1) is 4.90 Å². The molecule has 1 aliphatic heterocycles. The molecule has 1 heterocycles. The van der Waals surface area contributed by atoms with Gasteiger partial charge in [-0.3, -0.25) is 4.55 Å². The Hall–Kier alpha value is -2.05. The van der Waals surface area contributed by atoms with Crippen LogP contribution in [0.1, 0.15) is 17.5 Å². The third kappa shape index (κ3) is 3.65. The zero-order valence-corrected chi connectivity index (χ0v) is 13.5. The van der Waals surface area contributed by atoms with Crippen LogP contribution in [-0.2, 0) is 16.5 Å². The van der Waals surface area contributed by atoms with Crippen LogP contribution in [0.3, 0.4) is 0 Å². The van der Waals surface area contributed by atoms with Crippen LogP contribution in [0, 0.1) is 6.92 Å². The van der Waals surface area contributed by atoms with Gasteiger partial charge in [-0.15, -0.1) is 0 Å². The monoisotopic (exact) mass is 334 g/mol. The maximum absolute atomic E-state index is 11.0. The van der Waals surface area contributed by atoms with E-state index in [1.807, 2.05) is 25.1 Å². The molecule has 2 aromatic carbocycles. The fourth-order valence-corrected chi connectivity index (χ4v) is 3.05. The number of hydrogen-bond acceptors (Lipinski definition) is 4. The largest absolute Gasteiger partial charge is 0.486 e. The van der Waals surface area contributed by atoms with Crippen LogP contribution < -0.4 is 9.47 Å². The lowest BCUT2D eigenvalue weighted by atomic mass is 10.1. The SMILES string of the molecule is Cc1cccc2c1O[C@H](CCc1ccc(S(=O)(=O)O)cc1)CO2. The average molecular weight is 334 g/mol. The van der Waals surface area contributed by atoms with E-state index in [0.29, 0.717) is 6.61 Å². The number of hydrogen-bond donors (Lipinski definition) is 1. The molecule has 0 fully saturated rings. The van der Waals surface area contributed by atoms with Crippen LogP contribution >= 0.6 is 0 Å². The molecular formula is C17H18O5S. The van der Waals surface area contributed by atoms with Crippen molar-refractivity contribution in [1.82, 2.24) is 0 Å². The summed E-state index contributed by atoms with van der Waals surface area (Å²) >= 11 is 0. The van der Waals surface area contributed by atoms with E-state index in [4.69, 9.17) is 14.0 Å². The van der Waals surface area contributed by atoms with E-state index in [-0.39, 0.29) is 11.0 Å². The quantitative estimate of drug-likeness (QED) is 0.870. The average Bonchev–Trinajstić information content (AvgIpc) is 2.53. The van der Waals surface area contributed by atoms with Crippen molar-refractivity contribution in [1.29, 1.82) is 0 Å². The zero-order valence-electron chi connectivity index (χ0n) is 12.7.